The molecule has 0 spiro atoms. The summed E-state index contributed by atoms with van der Waals surface area (Å²) in [5, 5.41) is 7.90. The molecule has 3 rings (SSSR count). The summed E-state index contributed by atoms with van der Waals surface area (Å²) in [5.74, 6) is -10.5. The molecule has 2 aromatic rings. The van der Waals surface area contributed by atoms with Gasteiger partial charge in [-0.05, 0) is 6.42 Å². The highest BCUT2D eigenvalue weighted by Crippen LogP contribution is 2.32. The second kappa shape index (κ2) is 6.80. The first-order valence-corrected chi connectivity index (χ1v) is 10.2. The first kappa shape index (κ1) is 19.1. The molecule has 0 unspecified atom stereocenters. The van der Waals surface area contributed by atoms with Crippen LogP contribution in [0.1, 0.15) is 23.7 Å². The summed E-state index contributed by atoms with van der Waals surface area (Å²) in [6.45, 7) is 0. The first-order chi connectivity index (χ1) is 12.1. The Morgan fingerprint density at radius 1 is 1.04 bits per heavy atom. The van der Waals surface area contributed by atoms with Crippen LogP contribution in [0.5, 0.6) is 0 Å². The fourth-order valence-electron chi connectivity index (χ4n) is 2.72. The largest absolute Gasteiger partial charge is 0.309 e. The first-order valence-electron chi connectivity index (χ1n) is 7.35. The van der Waals surface area contributed by atoms with Gasteiger partial charge in [-0.1, -0.05) is 11.8 Å². The maximum atomic E-state index is 13.7. The van der Waals surface area contributed by atoms with Crippen molar-refractivity contribution in [2.45, 2.75) is 23.2 Å². The van der Waals surface area contributed by atoms with Gasteiger partial charge in [0.15, 0.2) is 38.3 Å². The maximum absolute atomic E-state index is 13.7. The molecular formula is C14H12F5N3O2S2. The maximum Gasteiger partial charge on any atom is 0.200 e. The second-order valence-electron chi connectivity index (χ2n) is 5.84. The number of halogens is 5. The van der Waals surface area contributed by atoms with Gasteiger partial charge in [0.1, 0.15) is 5.82 Å². The topological polar surface area (TPSA) is 64.8 Å². The van der Waals surface area contributed by atoms with Crippen molar-refractivity contribution in [2.24, 2.45) is 7.05 Å². The quantitative estimate of drug-likeness (QED) is 0.334. The molecule has 0 saturated carbocycles. The lowest BCUT2D eigenvalue weighted by molar-refractivity contribution is 0.372. The van der Waals surface area contributed by atoms with E-state index in [2.05, 4.69) is 10.2 Å². The molecule has 12 heteroatoms. The van der Waals surface area contributed by atoms with Gasteiger partial charge < -0.3 is 4.57 Å². The number of benzene rings is 1. The van der Waals surface area contributed by atoms with Crippen LogP contribution in [0.25, 0.3) is 0 Å². The molecule has 0 aliphatic carbocycles. The fraction of sp³-hybridized carbons (Fsp3) is 0.429. The van der Waals surface area contributed by atoms with E-state index < -0.39 is 50.2 Å². The highest BCUT2D eigenvalue weighted by molar-refractivity contribution is 7.98. The molecule has 1 atom stereocenters. The van der Waals surface area contributed by atoms with Crippen LogP contribution in [-0.2, 0) is 22.6 Å². The number of thioether (sulfide) groups is 1. The Labute approximate surface area is 149 Å². The Kier molecular flexibility index (Phi) is 4.99. The van der Waals surface area contributed by atoms with E-state index >= 15 is 0 Å². The third-order valence-corrected chi connectivity index (χ3v) is 6.93. The average molecular weight is 413 g/mol. The molecule has 26 heavy (non-hydrogen) atoms. The van der Waals surface area contributed by atoms with E-state index in [-0.39, 0.29) is 22.6 Å². The lowest BCUT2D eigenvalue weighted by Crippen LogP contribution is -2.09. The third kappa shape index (κ3) is 3.31. The molecule has 1 aliphatic heterocycles. The van der Waals surface area contributed by atoms with Gasteiger partial charge >= 0.3 is 0 Å². The van der Waals surface area contributed by atoms with Crippen LogP contribution < -0.4 is 0 Å². The van der Waals surface area contributed by atoms with Crippen molar-refractivity contribution in [3.8, 4) is 0 Å². The van der Waals surface area contributed by atoms with Gasteiger partial charge in [0.05, 0.1) is 11.5 Å². The number of rotatable bonds is 4. The summed E-state index contributed by atoms with van der Waals surface area (Å²) in [5.41, 5.74) is -0.959. The molecule has 0 amide bonds. The number of nitrogens with zero attached hydrogens (tertiary/aromatic N) is 3. The van der Waals surface area contributed by atoms with Crippen LogP contribution in [0.4, 0.5) is 22.0 Å². The summed E-state index contributed by atoms with van der Waals surface area (Å²) >= 11 is 0.735. The Morgan fingerprint density at radius 3 is 2.15 bits per heavy atom. The SMILES string of the molecule is Cn1c(SCc2c(F)c(F)c(F)c(F)c2F)nnc1[C@@H]1CCS(=O)(=O)C1. The van der Waals surface area contributed by atoms with Crippen LogP contribution in [0.2, 0.25) is 0 Å². The highest BCUT2D eigenvalue weighted by atomic mass is 32.2. The zero-order chi connectivity index (χ0) is 19.2. The van der Waals surface area contributed by atoms with Crippen LogP contribution in [0.3, 0.4) is 0 Å². The predicted molar refractivity (Wildman–Crippen MR) is 82.8 cm³/mol. The van der Waals surface area contributed by atoms with Crippen LogP contribution in [-0.4, -0.2) is 34.7 Å². The number of aromatic nitrogens is 3. The zero-order valence-corrected chi connectivity index (χ0v) is 14.9. The molecule has 0 radical (unpaired) electrons. The summed E-state index contributed by atoms with van der Waals surface area (Å²) in [7, 11) is -1.59. The summed E-state index contributed by atoms with van der Waals surface area (Å²) < 4.78 is 91.5. The molecule has 0 bridgehead atoms. The molecule has 5 nitrogen and oxygen atoms in total. The number of hydrogen-bond donors (Lipinski definition) is 0. The van der Waals surface area contributed by atoms with E-state index in [4.69, 9.17) is 0 Å². The van der Waals surface area contributed by atoms with Crippen LogP contribution in [0, 0.1) is 29.1 Å². The molecule has 1 aromatic heterocycles. The number of hydrogen-bond acceptors (Lipinski definition) is 5. The van der Waals surface area contributed by atoms with Crippen molar-refractivity contribution in [1.29, 1.82) is 0 Å². The second-order valence-corrected chi connectivity index (χ2v) is 9.01. The van der Waals surface area contributed by atoms with Gasteiger partial charge in [-0.2, -0.15) is 0 Å². The Hall–Kier alpha value is -1.69. The van der Waals surface area contributed by atoms with Crippen LogP contribution in [0.15, 0.2) is 5.16 Å². The van der Waals surface area contributed by atoms with Crippen molar-refractivity contribution in [2.75, 3.05) is 11.5 Å². The minimum Gasteiger partial charge on any atom is -0.309 e. The van der Waals surface area contributed by atoms with E-state index in [1.807, 2.05) is 0 Å². The molecule has 1 fully saturated rings. The van der Waals surface area contributed by atoms with Gasteiger partial charge in [0.2, 0.25) is 5.82 Å². The van der Waals surface area contributed by atoms with Gasteiger partial charge in [0.25, 0.3) is 0 Å². The van der Waals surface area contributed by atoms with E-state index in [0.717, 1.165) is 11.8 Å². The Morgan fingerprint density at radius 2 is 1.62 bits per heavy atom. The lowest BCUT2D eigenvalue weighted by Gasteiger charge is -2.09. The van der Waals surface area contributed by atoms with E-state index in [9.17, 15) is 30.4 Å². The van der Waals surface area contributed by atoms with Crippen molar-refractivity contribution >= 4 is 21.6 Å². The normalized spacial score (nSPS) is 19.2. The van der Waals surface area contributed by atoms with Crippen molar-refractivity contribution < 1.29 is 30.4 Å². The molecule has 0 N–H and O–H groups in total. The minimum atomic E-state index is -3.14. The summed E-state index contributed by atoms with van der Waals surface area (Å²) in [4.78, 5) is 0. The van der Waals surface area contributed by atoms with E-state index in [1.165, 1.54) is 4.57 Å². The highest BCUT2D eigenvalue weighted by Gasteiger charge is 2.33. The van der Waals surface area contributed by atoms with Crippen molar-refractivity contribution in [3.63, 3.8) is 0 Å². The molecular weight excluding hydrogens is 401 g/mol. The Bertz CT molecular complexity index is 948. The van der Waals surface area contributed by atoms with E-state index in [0.29, 0.717) is 12.2 Å². The predicted octanol–water partition coefficient (Wildman–Crippen LogP) is 2.71. The fourth-order valence-corrected chi connectivity index (χ4v) is 5.37. The van der Waals surface area contributed by atoms with Gasteiger partial charge in [-0.25, -0.2) is 30.4 Å². The molecule has 142 valence electrons. The summed E-state index contributed by atoms with van der Waals surface area (Å²) in [6, 6.07) is 0. The summed E-state index contributed by atoms with van der Waals surface area (Å²) in [6.07, 6.45) is 0.386. The Balaban J connectivity index is 1.82. The smallest absolute Gasteiger partial charge is 0.200 e. The van der Waals surface area contributed by atoms with Crippen molar-refractivity contribution in [1.82, 2.24) is 14.8 Å². The average Bonchev–Trinajstić information content (AvgIpc) is 3.13. The lowest BCUT2D eigenvalue weighted by atomic mass is 10.1. The van der Waals surface area contributed by atoms with Crippen molar-refractivity contribution in [3.05, 3.63) is 40.5 Å². The third-order valence-electron chi connectivity index (χ3n) is 4.11. The van der Waals surface area contributed by atoms with Gasteiger partial charge in [0, 0.05) is 24.3 Å². The van der Waals surface area contributed by atoms with Gasteiger partial charge in [-0.15, -0.1) is 10.2 Å². The van der Waals surface area contributed by atoms with Gasteiger partial charge in [-0.3, -0.25) is 0 Å². The zero-order valence-electron chi connectivity index (χ0n) is 13.3. The standard InChI is InChI=1S/C14H12F5N3O2S2/c1-22-13(6-2-3-26(23,24)5-6)20-21-14(22)25-4-7-8(15)10(17)12(19)11(18)9(7)16/h6H,2-5H2,1H3/t6-/m1/s1. The van der Waals surface area contributed by atoms with E-state index in [1.54, 1.807) is 7.05 Å². The molecule has 2 heterocycles. The molecule has 1 saturated heterocycles. The monoisotopic (exact) mass is 413 g/mol. The molecule has 1 aliphatic rings. The number of sulfone groups is 1. The minimum absolute atomic E-state index is 0.0392. The molecule has 1 aromatic carbocycles. The van der Waals surface area contributed by atoms with Crippen LogP contribution >= 0.6 is 11.8 Å².